The highest BCUT2D eigenvalue weighted by Crippen LogP contribution is 2.44. The molecule has 190 valence electrons. The van der Waals surface area contributed by atoms with Crippen molar-refractivity contribution < 1.29 is 19.4 Å². The SMILES string of the molecule is COCCCCC(O)(c1ccccc1Oc1ccccc1)[C@@H]1CCCN(C(=O)N2CC[C@H](N)C2)C1. The summed E-state index contributed by atoms with van der Waals surface area (Å²) in [7, 11) is 1.70. The Labute approximate surface area is 208 Å². The van der Waals surface area contributed by atoms with Crippen LogP contribution in [0.2, 0.25) is 0 Å². The number of hydrogen-bond acceptors (Lipinski definition) is 5. The molecule has 0 saturated carbocycles. The van der Waals surface area contributed by atoms with Crippen LogP contribution in [0, 0.1) is 5.92 Å². The summed E-state index contributed by atoms with van der Waals surface area (Å²) < 4.78 is 11.5. The lowest BCUT2D eigenvalue weighted by Crippen LogP contribution is -2.51. The average Bonchev–Trinajstić information content (AvgIpc) is 3.33. The Bertz CT molecular complexity index is 956. The van der Waals surface area contributed by atoms with E-state index in [-0.39, 0.29) is 18.0 Å². The molecule has 0 spiro atoms. The maximum absolute atomic E-state index is 13.2. The van der Waals surface area contributed by atoms with Crippen LogP contribution in [0.4, 0.5) is 4.79 Å². The number of urea groups is 1. The summed E-state index contributed by atoms with van der Waals surface area (Å²) in [6.45, 7) is 3.20. The standard InChI is InChI=1S/C28H39N3O4/c1-34-19-8-7-16-28(33,25-13-5-6-14-26(25)35-24-11-3-2-4-12-24)22-10-9-17-30(20-22)27(32)31-18-15-23(29)21-31/h2-6,11-14,22-23,33H,7-10,15-21,29H2,1H3/t22-,23+,28?/m1/s1. The zero-order valence-corrected chi connectivity index (χ0v) is 20.8. The summed E-state index contributed by atoms with van der Waals surface area (Å²) >= 11 is 0. The van der Waals surface area contributed by atoms with E-state index in [1.807, 2.05) is 64.4 Å². The smallest absolute Gasteiger partial charge is 0.320 e. The predicted octanol–water partition coefficient (Wildman–Crippen LogP) is 4.35. The summed E-state index contributed by atoms with van der Waals surface area (Å²) in [5.41, 5.74) is 5.70. The van der Waals surface area contributed by atoms with Gasteiger partial charge in [-0.25, -0.2) is 4.79 Å². The summed E-state index contributed by atoms with van der Waals surface area (Å²) in [6, 6.07) is 17.5. The second kappa shape index (κ2) is 11.9. The molecular weight excluding hydrogens is 442 g/mol. The van der Waals surface area contributed by atoms with E-state index in [1.165, 1.54) is 0 Å². The van der Waals surface area contributed by atoms with Crippen LogP contribution >= 0.6 is 0 Å². The third kappa shape index (κ3) is 6.15. The van der Waals surface area contributed by atoms with Gasteiger partial charge in [0, 0.05) is 57.4 Å². The minimum absolute atomic E-state index is 0.0400. The van der Waals surface area contributed by atoms with Crippen LogP contribution in [0.15, 0.2) is 54.6 Å². The second-order valence-corrected chi connectivity index (χ2v) is 9.85. The molecule has 2 aromatic rings. The van der Waals surface area contributed by atoms with E-state index in [0.29, 0.717) is 45.0 Å². The number of unbranched alkanes of at least 4 members (excludes halogenated alkanes) is 1. The molecule has 2 saturated heterocycles. The van der Waals surface area contributed by atoms with Crippen LogP contribution in [0.3, 0.4) is 0 Å². The number of amides is 2. The lowest BCUT2D eigenvalue weighted by molar-refractivity contribution is -0.0586. The van der Waals surface area contributed by atoms with Gasteiger partial charge < -0.3 is 30.1 Å². The minimum Gasteiger partial charge on any atom is -0.457 e. The number of likely N-dealkylation sites (tertiary alicyclic amines) is 2. The van der Waals surface area contributed by atoms with Crippen molar-refractivity contribution in [2.24, 2.45) is 11.7 Å². The molecule has 0 aromatic heterocycles. The molecule has 7 nitrogen and oxygen atoms in total. The molecule has 4 rings (SSSR count). The molecule has 7 heteroatoms. The molecule has 0 radical (unpaired) electrons. The van der Waals surface area contributed by atoms with E-state index < -0.39 is 5.60 Å². The molecule has 3 N–H and O–H groups in total. The summed E-state index contributed by atoms with van der Waals surface area (Å²) in [4.78, 5) is 17.0. The van der Waals surface area contributed by atoms with Crippen molar-refractivity contribution in [1.29, 1.82) is 0 Å². The minimum atomic E-state index is -1.13. The van der Waals surface area contributed by atoms with Crippen LogP contribution < -0.4 is 10.5 Å². The number of nitrogens with zero attached hydrogens (tertiary/aromatic N) is 2. The van der Waals surface area contributed by atoms with Crippen molar-refractivity contribution >= 4 is 6.03 Å². The van der Waals surface area contributed by atoms with Gasteiger partial charge in [0.2, 0.25) is 0 Å². The Hall–Kier alpha value is -2.61. The maximum Gasteiger partial charge on any atom is 0.320 e. The van der Waals surface area contributed by atoms with Crippen LogP contribution in [0.25, 0.3) is 0 Å². The Morgan fingerprint density at radius 3 is 2.51 bits per heavy atom. The summed E-state index contributed by atoms with van der Waals surface area (Å²) in [5.74, 6) is 1.29. The number of carbonyl (C=O) groups excluding carboxylic acids is 1. The number of ether oxygens (including phenoxy) is 2. The van der Waals surface area contributed by atoms with Gasteiger partial charge in [0.15, 0.2) is 0 Å². The maximum atomic E-state index is 13.2. The molecule has 1 unspecified atom stereocenters. The van der Waals surface area contributed by atoms with Gasteiger partial charge >= 0.3 is 6.03 Å². The number of piperidine rings is 1. The lowest BCUT2D eigenvalue weighted by Gasteiger charge is -2.44. The third-order valence-corrected chi connectivity index (χ3v) is 7.34. The highest BCUT2D eigenvalue weighted by molar-refractivity contribution is 5.75. The van der Waals surface area contributed by atoms with Gasteiger partial charge in [-0.2, -0.15) is 0 Å². The fraction of sp³-hybridized carbons (Fsp3) is 0.536. The molecule has 2 aromatic carbocycles. The zero-order valence-electron chi connectivity index (χ0n) is 20.8. The van der Waals surface area contributed by atoms with Gasteiger partial charge in [-0.1, -0.05) is 36.4 Å². The normalized spacial score (nSPS) is 22.1. The first-order valence-electron chi connectivity index (χ1n) is 12.8. The number of nitrogens with two attached hydrogens (primary N) is 1. The van der Waals surface area contributed by atoms with E-state index in [2.05, 4.69) is 0 Å². The average molecular weight is 482 g/mol. The van der Waals surface area contributed by atoms with Gasteiger partial charge in [-0.15, -0.1) is 0 Å². The third-order valence-electron chi connectivity index (χ3n) is 7.34. The Morgan fingerprint density at radius 2 is 1.77 bits per heavy atom. The second-order valence-electron chi connectivity index (χ2n) is 9.85. The highest BCUT2D eigenvalue weighted by atomic mass is 16.5. The Morgan fingerprint density at radius 1 is 1.03 bits per heavy atom. The molecule has 35 heavy (non-hydrogen) atoms. The van der Waals surface area contributed by atoms with E-state index >= 15 is 0 Å². The molecule has 2 aliphatic rings. The fourth-order valence-electron chi connectivity index (χ4n) is 5.43. The number of benzene rings is 2. The summed E-state index contributed by atoms with van der Waals surface area (Å²) in [5, 5.41) is 12.4. The quantitative estimate of drug-likeness (QED) is 0.520. The Kier molecular flexibility index (Phi) is 8.65. The molecule has 2 heterocycles. The van der Waals surface area contributed by atoms with Crippen molar-refractivity contribution in [2.75, 3.05) is 39.9 Å². The molecule has 0 bridgehead atoms. The van der Waals surface area contributed by atoms with Crippen LogP contribution in [0.1, 0.15) is 44.1 Å². The Balaban J connectivity index is 1.59. The van der Waals surface area contributed by atoms with Gasteiger partial charge in [0.05, 0.1) is 5.60 Å². The van der Waals surface area contributed by atoms with E-state index in [4.69, 9.17) is 15.2 Å². The predicted molar refractivity (Wildman–Crippen MR) is 136 cm³/mol. The first-order valence-corrected chi connectivity index (χ1v) is 12.8. The number of carbonyl (C=O) groups is 1. The van der Waals surface area contributed by atoms with E-state index in [0.717, 1.165) is 43.4 Å². The van der Waals surface area contributed by atoms with Crippen LogP contribution in [0.5, 0.6) is 11.5 Å². The number of para-hydroxylation sites is 2. The van der Waals surface area contributed by atoms with Crippen molar-refractivity contribution in [1.82, 2.24) is 9.80 Å². The lowest BCUT2D eigenvalue weighted by atomic mass is 9.73. The van der Waals surface area contributed by atoms with Crippen LogP contribution in [-0.2, 0) is 10.3 Å². The number of rotatable bonds is 9. The van der Waals surface area contributed by atoms with Crippen molar-refractivity contribution in [3.8, 4) is 11.5 Å². The van der Waals surface area contributed by atoms with Gasteiger partial charge in [0.25, 0.3) is 0 Å². The van der Waals surface area contributed by atoms with Gasteiger partial charge in [0.1, 0.15) is 11.5 Å². The van der Waals surface area contributed by atoms with Crippen molar-refractivity contribution in [3.05, 3.63) is 60.2 Å². The molecule has 2 amide bonds. The van der Waals surface area contributed by atoms with Crippen LogP contribution in [-0.4, -0.2) is 66.9 Å². The molecule has 0 aliphatic carbocycles. The molecule has 2 fully saturated rings. The first kappa shape index (κ1) is 25.5. The summed E-state index contributed by atoms with van der Waals surface area (Å²) in [6.07, 6.45) is 4.81. The monoisotopic (exact) mass is 481 g/mol. The van der Waals surface area contributed by atoms with Gasteiger partial charge in [-0.3, -0.25) is 0 Å². The van der Waals surface area contributed by atoms with Crippen molar-refractivity contribution in [3.63, 3.8) is 0 Å². The van der Waals surface area contributed by atoms with E-state index in [1.54, 1.807) is 7.11 Å². The number of methoxy groups -OCH3 is 1. The molecule has 3 atom stereocenters. The zero-order chi connectivity index (χ0) is 24.7. The fourth-order valence-corrected chi connectivity index (χ4v) is 5.43. The largest absolute Gasteiger partial charge is 0.457 e. The number of hydrogen-bond donors (Lipinski definition) is 2. The molecular formula is C28H39N3O4. The highest BCUT2D eigenvalue weighted by Gasteiger charge is 2.43. The van der Waals surface area contributed by atoms with Gasteiger partial charge in [-0.05, 0) is 56.7 Å². The first-order chi connectivity index (χ1) is 17.0. The van der Waals surface area contributed by atoms with E-state index in [9.17, 15) is 9.90 Å². The number of aliphatic hydroxyl groups is 1. The van der Waals surface area contributed by atoms with Crippen molar-refractivity contribution in [2.45, 2.75) is 50.2 Å². The topological polar surface area (TPSA) is 88.3 Å². The molecule has 2 aliphatic heterocycles.